The Balaban J connectivity index is 2.27. The predicted molar refractivity (Wildman–Crippen MR) is 60.8 cm³/mol. The number of carbonyl (C=O) groups is 1. The third-order valence-electron chi connectivity index (χ3n) is 2.14. The molecule has 1 amide bonds. The van der Waals surface area contributed by atoms with Gasteiger partial charge in [0.05, 0.1) is 23.7 Å². The minimum Gasteiger partial charge on any atom is -0.271 e. The number of amides is 1. The zero-order valence-electron chi connectivity index (χ0n) is 7.87. The zero-order chi connectivity index (χ0) is 10.8. The van der Waals surface area contributed by atoms with Gasteiger partial charge in [-0.3, -0.25) is 9.63 Å². The van der Waals surface area contributed by atoms with Gasteiger partial charge in [-0.05, 0) is 24.6 Å². The van der Waals surface area contributed by atoms with Crippen molar-refractivity contribution in [2.75, 3.05) is 13.2 Å². The molecule has 0 unspecified atom stereocenters. The van der Waals surface area contributed by atoms with E-state index in [1.54, 1.807) is 18.2 Å². The molecule has 80 valence electrons. The number of benzene rings is 1. The van der Waals surface area contributed by atoms with Crippen LogP contribution in [0, 0.1) is 0 Å². The Morgan fingerprint density at radius 3 is 3.00 bits per heavy atom. The molecular formula is C10H9BrClNO2. The van der Waals surface area contributed by atoms with E-state index in [1.165, 1.54) is 5.06 Å². The third kappa shape index (κ3) is 2.33. The molecule has 1 fully saturated rings. The molecule has 1 aromatic carbocycles. The number of nitrogens with zero attached hydrogens (tertiary/aromatic N) is 1. The van der Waals surface area contributed by atoms with E-state index in [9.17, 15) is 4.79 Å². The maximum absolute atomic E-state index is 11.9. The molecule has 15 heavy (non-hydrogen) atoms. The molecule has 0 saturated carbocycles. The summed E-state index contributed by atoms with van der Waals surface area (Å²) in [5, 5.41) is 1.80. The molecule has 5 heteroatoms. The summed E-state index contributed by atoms with van der Waals surface area (Å²) in [5.74, 6) is -0.182. The SMILES string of the molecule is O=C(c1cc(Br)ccc1Cl)N1CCCO1. The molecule has 0 atom stereocenters. The second kappa shape index (κ2) is 4.51. The first kappa shape index (κ1) is 10.9. The first-order valence-corrected chi connectivity index (χ1v) is 5.75. The van der Waals surface area contributed by atoms with Gasteiger partial charge >= 0.3 is 0 Å². The predicted octanol–water partition coefficient (Wildman–Crippen LogP) is 2.88. The smallest absolute Gasteiger partial charge is 0.271 e. The van der Waals surface area contributed by atoms with Crippen LogP contribution in [0.1, 0.15) is 16.8 Å². The van der Waals surface area contributed by atoms with E-state index in [2.05, 4.69) is 15.9 Å². The van der Waals surface area contributed by atoms with Crippen LogP contribution in [0.4, 0.5) is 0 Å². The van der Waals surface area contributed by atoms with E-state index in [4.69, 9.17) is 16.4 Å². The second-order valence-electron chi connectivity index (χ2n) is 3.22. The van der Waals surface area contributed by atoms with Crippen molar-refractivity contribution in [2.24, 2.45) is 0 Å². The molecule has 0 aliphatic carbocycles. The van der Waals surface area contributed by atoms with Gasteiger partial charge in [0.1, 0.15) is 0 Å². The van der Waals surface area contributed by atoms with E-state index in [0.717, 1.165) is 10.9 Å². The van der Waals surface area contributed by atoms with Crippen molar-refractivity contribution < 1.29 is 9.63 Å². The molecule has 0 aromatic heterocycles. The summed E-state index contributed by atoms with van der Waals surface area (Å²) in [5.41, 5.74) is 0.466. The Labute approximate surface area is 101 Å². The van der Waals surface area contributed by atoms with Crippen molar-refractivity contribution in [3.63, 3.8) is 0 Å². The van der Waals surface area contributed by atoms with E-state index in [0.29, 0.717) is 23.7 Å². The number of halogens is 2. The minimum atomic E-state index is -0.182. The third-order valence-corrected chi connectivity index (χ3v) is 2.96. The van der Waals surface area contributed by atoms with Crippen LogP contribution in [0.3, 0.4) is 0 Å². The van der Waals surface area contributed by atoms with Crippen LogP contribution in [-0.4, -0.2) is 24.1 Å². The summed E-state index contributed by atoms with van der Waals surface area (Å²) in [6.45, 7) is 1.22. The van der Waals surface area contributed by atoms with Crippen LogP contribution < -0.4 is 0 Å². The quantitative estimate of drug-likeness (QED) is 0.796. The van der Waals surface area contributed by atoms with E-state index in [-0.39, 0.29) is 5.91 Å². The van der Waals surface area contributed by atoms with Gasteiger partial charge in [-0.1, -0.05) is 27.5 Å². The lowest BCUT2D eigenvalue weighted by Gasteiger charge is -2.14. The van der Waals surface area contributed by atoms with Crippen LogP contribution in [-0.2, 0) is 4.84 Å². The summed E-state index contributed by atoms with van der Waals surface area (Å²) in [4.78, 5) is 17.1. The molecule has 0 bridgehead atoms. The molecular weight excluding hydrogens is 281 g/mol. The van der Waals surface area contributed by atoms with E-state index in [1.807, 2.05) is 0 Å². The number of hydroxylamine groups is 2. The largest absolute Gasteiger partial charge is 0.278 e. The number of rotatable bonds is 1. The van der Waals surface area contributed by atoms with Gasteiger partial charge < -0.3 is 0 Å². The fourth-order valence-electron chi connectivity index (χ4n) is 1.40. The van der Waals surface area contributed by atoms with Crippen LogP contribution in [0.2, 0.25) is 5.02 Å². The van der Waals surface area contributed by atoms with Gasteiger partial charge in [0.2, 0.25) is 0 Å². The fraction of sp³-hybridized carbons (Fsp3) is 0.300. The van der Waals surface area contributed by atoms with Gasteiger partial charge in [-0.2, -0.15) is 0 Å². The fourth-order valence-corrected chi connectivity index (χ4v) is 1.96. The van der Waals surface area contributed by atoms with E-state index < -0.39 is 0 Å². The molecule has 1 aliphatic heterocycles. The first-order chi connectivity index (χ1) is 7.18. The van der Waals surface area contributed by atoms with Crippen molar-refractivity contribution in [3.8, 4) is 0 Å². The number of hydrogen-bond acceptors (Lipinski definition) is 2. The van der Waals surface area contributed by atoms with Crippen molar-refractivity contribution in [2.45, 2.75) is 6.42 Å². The highest BCUT2D eigenvalue weighted by Crippen LogP contribution is 2.23. The lowest BCUT2D eigenvalue weighted by Crippen LogP contribution is -2.26. The maximum atomic E-state index is 11.9. The molecule has 1 saturated heterocycles. The second-order valence-corrected chi connectivity index (χ2v) is 4.54. The minimum absolute atomic E-state index is 0.182. The highest BCUT2D eigenvalue weighted by molar-refractivity contribution is 9.10. The first-order valence-electron chi connectivity index (χ1n) is 4.58. The van der Waals surface area contributed by atoms with Crippen LogP contribution in [0.25, 0.3) is 0 Å². The van der Waals surface area contributed by atoms with Crippen molar-refractivity contribution in [3.05, 3.63) is 33.3 Å². The zero-order valence-corrected chi connectivity index (χ0v) is 10.2. The van der Waals surface area contributed by atoms with Gasteiger partial charge in [0, 0.05) is 4.47 Å². The molecule has 1 aliphatic rings. The van der Waals surface area contributed by atoms with Crippen molar-refractivity contribution in [1.82, 2.24) is 5.06 Å². The monoisotopic (exact) mass is 289 g/mol. The topological polar surface area (TPSA) is 29.5 Å². The summed E-state index contributed by atoms with van der Waals surface area (Å²) >= 11 is 9.25. The van der Waals surface area contributed by atoms with Crippen LogP contribution in [0.5, 0.6) is 0 Å². The average Bonchev–Trinajstić information content (AvgIpc) is 2.74. The molecule has 3 nitrogen and oxygen atoms in total. The van der Waals surface area contributed by atoms with Crippen molar-refractivity contribution in [1.29, 1.82) is 0 Å². The lowest BCUT2D eigenvalue weighted by molar-refractivity contribution is -0.0768. The van der Waals surface area contributed by atoms with E-state index >= 15 is 0 Å². The Hall–Kier alpha value is -0.580. The summed E-state index contributed by atoms with van der Waals surface area (Å²) in [6.07, 6.45) is 0.872. The number of hydrogen-bond donors (Lipinski definition) is 0. The Bertz CT molecular complexity index is 391. The highest BCUT2D eigenvalue weighted by Gasteiger charge is 2.22. The summed E-state index contributed by atoms with van der Waals surface area (Å²) in [7, 11) is 0. The highest BCUT2D eigenvalue weighted by atomic mass is 79.9. The molecule has 0 radical (unpaired) electrons. The molecule has 0 spiro atoms. The van der Waals surface area contributed by atoms with Gasteiger partial charge in [-0.25, -0.2) is 5.06 Å². The Morgan fingerprint density at radius 2 is 2.33 bits per heavy atom. The van der Waals surface area contributed by atoms with Gasteiger partial charge in [0.15, 0.2) is 0 Å². The average molecular weight is 291 g/mol. The van der Waals surface area contributed by atoms with Crippen LogP contribution in [0.15, 0.2) is 22.7 Å². The van der Waals surface area contributed by atoms with Gasteiger partial charge in [-0.15, -0.1) is 0 Å². The summed E-state index contributed by atoms with van der Waals surface area (Å²) < 4.78 is 0.828. The standard InChI is InChI=1S/C10H9BrClNO2/c11-7-2-3-9(12)8(6-7)10(14)13-4-1-5-15-13/h2-3,6H,1,4-5H2. The van der Waals surface area contributed by atoms with Crippen molar-refractivity contribution >= 4 is 33.4 Å². The molecule has 2 rings (SSSR count). The Kier molecular flexibility index (Phi) is 3.29. The Morgan fingerprint density at radius 1 is 1.53 bits per heavy atom. The van der Waals surface area contributed by atoms with Crippen LogP contribution >= 0.6 is 27.5 Å². The molecule has 0 N–H and O–H groups in total. The molecule has 1 heterocycles. The normalized spacial score (nSPS) is 15.7. The maximum Gasteiger partial charge on any atom is 0.278 e. The number of carbonyl (C=O) groups excluding carboxylic acids is 1. The summed E-state index contributed by atoms with van der Waals surface area (Å²) in [6, 6.07) is 5.19. The molecule has 1 aromatic rings. The van der Waals surface area contributed by atoms with Gasteiger partial charge in [0.25, 0.3) is 5.91 Å². The lowest BCUT2D eigenvalue weighted by atomic mass is 10.2.